The van der Waals surface area contributed by atoms with Gasteiger partial charge in [0.05, 0.1) is 18.2 Å². The molecule has 1 aliphatic rings. The minimum atomic E-state index is -1.09. The number of anilines is 1. The van der Waals surface area contributed by atoms with Crippen molar-refractivity contribution in [1.82, 2.24) is 10.6 Å². The lowest BCUT2D eigenvalue weighted by atomic mass is 9.94. The molecule has 162 valence electrons. The van der Waals surface area contributed by atoms with E-state index in [4.69, 9.17) is 26.8 Å². The third-order valence-electron chi connectivity index (χ3n) is 4.50. The highest BCUT2D eigenvalue weighted by atomic mass is 32.1. The molecule has 1 amide bonds. The summed E-state index contributed by atoms with van der Waals surface area (Å²) in [6.07, 6.45) is 0. The van der Waals surface area contributed by atoms with E-state index >= 15 is 0 Å². The Morgan fingerprint density at radius 1 is 1.13 bits per heavy atom. The molecule has 0 bridgehead atoms. The molecule has 1 aliphatic heterocycles. The van der Waals surface area contributed by atoms with Gasteiger partial charge in [0.2, 0.25) is 0 Å². The van der Waals surface area contributed by atoms with E-state index in [9.17, 15) is 9.59 Å². The quantitative estimate of drug-likeness (QED) is 0.463. The number of amides is 1. The summed E-state index contributed by atoms with van der Waals surface area (Å²) >= 11 is 5.30. The summed E-state index contributed by atoms with van der Waals surface area (Å²) in [6.45, 7) is 3.47. The van der Waals surface area contributed by atoms with Crippen LogP contribution in [0.3, 0.4) is 0 Å². The SMILES string of the molecule is CCOc1cc([C@H]2NC(=S)NC(C)=C2C(=O)Nc2ccccc2)ccc1OCC(=O)O. The van der Waals surface area contributed by atoms with Crippen molar-refractivity contribution in [3.05, 3.63) is 65.4 Å². The van der Waals surface area contributed by atoms with E-state index in [1.165, 1.54) is 0 Å². The Balaban J connectivity index is 1.94. The van der Waals surface area contributed by atoms with Gasteiger partial charge in [-0.05, 0) is 55.9 Å². The fraction of sp³-hybridized carbons (Fsp3) is 0.227. The maximum atomic E-state index is 13.1. The van der Waals surface area contributed by atoms with Crippen LogP contribution in [0, 0.1) is 0 Å². The van der Waals surface area contributed by atoms with Crippen LogP contribution in [0.4, 0.5) is 5.69 Å². The molecule has 2 aromatic carbocycles. The number of carboxylic acids is 1. The predicted octanol–water partition coefficient (Wildman–Crippen LogP) is 2.98. The van der Waals surface area contributed by atoms with Crippen molar-refractivity contribution >= 4 is 34.9 Å². The fourth-order valence-corrected chi connectivity index (χ4v) is 3.47. The van der Waals surface area contributed by atoms with Gasteiger partial charge in [0.25, 0.3) is 5.91 Å². The number of ether oxygens (including phenoxy) is 2. The van der Waals surface area contributed by atoms with Crippen LogP contribution in [-0.2, 0) is 9.59 Å². The minimum Gasteiger partial charge on any atom is -0.490 e. The Kier molecular flexibility index (Phi) is 7.09. The summed E-state index contributed by atoms with van der Waals surface area (Å²) in [7, 11) is 0. The molecular weight excluding hydrogens is 418 g/mol. The molecule has 31 heavy (non-hydrogen) atoms. The van der Waals surface area contributed by atoms with Crippen LogP contribution in [-0.4, -0.2) is 35.3 Å². The highest BCUT2D eigenvalue weighted by Gasteiger charge is 2.30. The van der Waals surface area contributed by atoms with Gasteiger partial charge in [0.15, 0.2) is 23.2 Å². The molecule has 0 aliphatic carbocycles. The van der Waals surface area contributed by atoms with Crippen LogP contribution >= 0.6 is 12.2 Å². The number of hydrogen-bond acceptors (Lipinski definition) is 5. The number of rotatable bonds is 8. The molecule has 4 N–H and O–H groups in total. The molecule has 0 saturated carbocycles. The fourth-order valence-electron chi connectivity index (χ4n) is 3.20. The number of allylic oxidation sites excluding steroid dienone is 1. The van der Waals surface area contributed by atoms with Crippen LogP contribution in [0.1, 0.15) is 25.5 Å². The number of nitrogens with one attached hydrogen (secondary N) is 3. The van der Waals surface area contributed by atoms with E-state index in [2.05, 4.69) is 16.0 Å². The van der Waals surface area contributed by atoms with E-state index in [-0.39, 0.29) is 5.91 Å². The number of thiocarbonyl (C=S) groups is 1. The second kappa shape index (κ2) is 9.94. The molecule has 1 atom stereocenters. The van der Waals surface area contributed by atoms with E-state index in [0.717, 1.165) is 0 Å². The number of benzene rings is 2. The van der Waals surface area contributed by atoms with Crippen molar-refractivity contribution in [2.24, 2.45) is 0 Å². The first-order valence-electron chi connectivity index (χ1n) is 9.65. The maximum absolute atomic E-state index is 13.1. The summed E-state index contributed by atoms with van der Waals surface area (Å²) in [6, 6.07) is 13.7. The Labute approximate surface area is 185 Å². The predicted molar refractivity (Wildman–Crippen MR) is 120 cm³/mol. The molecule has 2 aromatic rings. The first-order valence-corrected chi connectivity index (χ1v) is 10.1. The Hall–Kier alpha value is -3.59. The van der Waals surface area contributed by atoms with E-state index in [1.54, 1.807) is 37.3 Å². The topological polar surface area (TPSA) is 109 Å². The van der Waals surface area contributed by atoms with Gasteiger partial charge in [-0.2, -0.15) is 0 Å². The second-order valence-corrected chi connectivity index (χ2v) is 7.12. The number of aliphatic carboxylic acids is 1. The van der Waals surface area contributed by atoms with Crippen molar-refractivity contribution in [3.63, 3.8) is 0 Å². The number of para-hydroxylation sites is 1. The van der Waals surface area contributed by atoms with E-state index < -0.39 is 18.6 Å². The van der Waals surface area contributed by atoms with Crippen LogP contribution < -0.4 is 25.4 Å². The van der Waals surface area contributed by atoms with Crippen molar-refractivity contribution in [2.45, 2.75) is 19.9 Å². The van der Waals surface area contributed by atoms with Gasteiger partial charge in [-0.15, -0.1) is 0 Å². The average Bonchev–Trinajstić information content (AvgIpc) is 2.73. The first kappa shape index (κ1) is 22.1. The van der Waals surface area contributed by atoms with Gasteiger partial charge < -0.3 is 30.5 Å². The molecule has 1 heterocycles. The summed E-state index contributed by atoms with van der Waals surface area (Å²) in [5.41, 5.74) is 2.49. The average molecular weight is 442 g/mol. The summed E-state index contributed by atoms with van der Waals surface area (Å²) < 4.78 is 10.9. The molecule has 0 radical (unpaired) electrons. The van der Waals surface area contributed by atoms with Crippen molar-refractivity contribution in [1.29, 1.82) is 0 Å². The van der Waals surface area contributed by atoms with E-state index in [1.807, 2.05) is 25.1 Å². The smallest absolute Gasteiger partial charge is 0.341 e. The number of hydrogen-bond donors (Lipinski definition) is 4. The Morgan fingerprint density at radius 3 is 2.55 bits per heavy atom. The molecule has 0 spiro atoms. The van der Waals surface area contributed by atoms with Crippen molar-refractivity contribution < 1.29 is 24.2 Å². The van der Waals surface area contributed by atoms with Crippen LogP contribution in [0.25, 0.3) is 0 Å². The van der Waals surface area contributed by atoms with Crippen molar-refractivity contribution in [2.75, 3.05) is 18.5 Å². The standard InChI is InChI=1S/C22H23N3O5S/c1-3-29-17-11-14(9-10-16(17)30-12-18(26)27)20-19(13(2)23-22(31)25-20)21(28)24-15-7-5-4-6-8-15/h4-11,20H,3,12H2,1-2H3,(H,24,28)(H,26,27)(H2,23,25,31)/t20-/m1/s1. The molecule has 0 saturated heterocycles. The Morgan fingerprint density at radius 2 is 1.87 bits per heavy atom. The zero-order valence-electron chi connectivity index (χ0n) is 17.1. The highest BCUT2D eigenvalue weighted by molar-refractivity contribution is 7.80. The number of carbonyl (C=O) groups is 2. The number of carboxylic acid groups (broad SMARTS) is 1. The summed E-state index contributed by atoms with van der Waals surface area (Å²) in [5, 5.41) is 18.3. The molecule has 0 fully saturated rings. The third kappa shape index (κ3) is 5.52. The van der Waals surface area contributed by atoms with Gasteiger partial charge >= 0.3 is 5.97 Å². The maximum Gasteiger partial charge on any atom is 0.341 e. The van der Waals surface area contributed by atoms with E-state index in [0.29, 0.717) is 45.7 Å². The zero-order chi connectivity index (χ0) is 22.4. The van der Waals surface area contributed by atoms with Crippen LogP contribution in [0.5, 0.6) is 11.5 Å². The van der Waals surface area contributed by atoms with Gasteiger partial charge in [-0.3, -0.25) is 4.79 Å². The molecule has 0 aromatic heterocycles. The molecule has 3 rings (SSSR count). The van der Waals surface area contributed by atoms with Gasteiger partial charge in [-0.25, -0.2) is 4.79 Å². The van der Waals surface area contributed by atoms with Crippen LogP contribution in [0.15, 0.2) is 59.8 Å². The molecule has 9 heteroatoms. The summed E-state index contributed by atoms with van der Waals surface area (Å²) in [4.78, 5) is 24.0. The van der Waals surface area contributed by atoms with Gasteiger partial charge in [-0.1, -0.05) is 24.3 Å². The zero-order valence-corrected chi connectivity index (χ0v) is 17.9. The monoisotopic (exact) mass is 441 g/mol. The molecule has 0 unspecified atom stereocenters. The van der Waals surface area contributed by atoms with Gasteiger partial charge in [0, 0.05) is 11.4 Å². The lowest BCUT2D eigenvalue weighted by molar-refractivity contribution is -0.139. The summed E-state index contributed by atoms with van der Waals surface area (Å²) in [5.74, 6) is -0.677. The minimum absolute atomic E-state index is 0.277. The first-order chi connectivity index (χ1) is 14.9. The number of carbonyl (C=O) groups excluding carboxylic acids is 1. The lowest BCUT2D eigenvalue weighted by Crippen LogP contribution is -2.45. The largest absolute Gasteiger partial charge is 0.490 e. The van der Waals surface area contributed by atoms with Crippen LogP contribution in [0.2, 0.25) is 0 Å². The van der Waals surface area contributed by atoms with Crippen molar-refractivity contribution in [3.8, 4) is 11.5 Å². The normalized spacial score (nSPS) is 15.5. The van der Waals surface area contributed by atoms with Gasteiger partial charge in [0.1, 0.15) is 0 Å². The lowest BCUT2D eigenvalue weighted by Gasteiger charge is -2.30. The molecular formula is C22H23N3O5S. The second-order valence-electron chi connectivity index (χ2n) is 6.71. The third-order valence-corrected chi connectivity index (χ3v) is 4.72. The Bertz CT molecular complexity index is 1020. The highest BCUT2D eigenvalue weighted by Crippen LogP contribution is 2.35. The molecule has 8 nitrogen and oxygen atoms in total.